The molecule has 0 atom stereocenters. The zero-order valence-electron chi connectivity index (χ0n) is 11.9. The molecule has 0 aliphatic rings. The average Bonchev–Trinajstić information content (AvgIpc) is 3.19. The van der Waals surface area contributed by atoms with E-state index in [4.69, 9.17) is 0 Å². The second-order valence-corrected chi connectivity index (χ2v) is 5.49. The molecule has 0 saturated carbocycles. The molecule has 9 heteroatoms. The normalized spacial score (nSPS) is 11.1. The van der Waals surface area contributed by atoms with Gasteiger partial charge in [0, 0.05) is 24.7 Å². The fourth-order valence-electron chi connectivity index (χ4n) is 1.98. The van der Waals surface area contributed by atoms with Crippen LogP contribution in [0.4, 0.5) is 0 Å². The summed E-state index contributed by atoms with van der Waals surface area (Å²) >= 11 is 1.67. The van der Waals surface area contributed by atoms with E-state index in [0.717, 1.165) is 41.3 Å². The lowest BCUT2D eigenvalue weighted by Crippen LogP contribution is -2.03. The van der Waals surface area contributed by atoms with E-state index in [1.54, 1.807) is 24.2 Å². The Morgan fingerprint density at radius 3 is 2.95 bits per heavy atom. The third-order valence-corrected chi connectivity index (χ3v) is 4.00. The van der Waals surface area contributed by atoms with Gasteiger partial charge in [-0.2, -0.15) is 0 Å². The van der Waals surface area contributed by atoms with E-state index in [-0.39, 0.29) is 0 Å². The number of thioether (sulfide) groups is 1. The van der Waals surface area contributed by atoms with Crippen molar-refractivity contribution >= 4 is 11.8 Å². The molecule has 0 unspecified atom stereocenters. The SMILES string of the molecule is CCn1c(C)nnc1SCCn1cc(-c2ncc[nH]2)nn1. The summed E-state index contributed by atoms with van der Waals surface area (Å²) in [5.41, 5.74) is 0.748. The van der Waals surface area contributed by atoms with Crippen LogP contribution in [-0.4, -0.2) is 45.5 Å². The van der Waals surface area contributed by atoms with Gasteiger partial charge in [0.2, 0.25) is 0 Å². The smallest absolute Gasteiger partial charge is 0.191 e. The van der Waals surface area contributed by atoms with Gasteiger partial charge in [-0.25, -0.2) is 4.98 Å². The summed E-state index contributed by atoms with van der Waals surface area (Å²) in [7, 11) is 0. The molecule has 0 saturated heterocycles. The predicted octanol–water partition coefficient (Wildman–Crippen LogP) is 1.38. The number of nitrogens with one attached hydrogen (secondary N) is 1. The van der Waals surface area contributed by atoms with Crippen LogP contribution in [0.1, 0.15) is 12.7 Å². The molecule has 3 rings (SSSR count). The van der Waals surface area contributed by atoms with Crippen LogP contribution in [0.5, 0.6) is 0 Å². The molecule has 110 valence electrons. The zero-order chi connectivity index (χ0) is 14.7. The molecule has 0 amide bonds. The molecule has 8 nitrogen and oxygen atoms in total. The van der Waals surface area contributed by atoms with E-state index in [9.17, 15) is 0 Å². The van der Waals surface area contributed by atoms with Gasteiger partial charge >= 0.3 is 0 Å². The maximum atomic E-state index is 4.18. The third-order valence-electron chi connectivity index (χ3n) is 3.05. The van der Waals surface area contributed by atoms with Crippen LogP contribution in [0.2, 0.25) is 0 Å². The van der Waals surface area contributed by atoms with E-state index in [1.807, 2.05) is 17.8 Å². The first-order chi connectivity index (χ1) is 10.3. The van der Waals surface area contributed by atoms with E-state index < -0.39 is 0 Å². The number of aromatic nitrogens is 8. The van der Waals surface area contributed by atoms with Gasteiger partial charge in [-0.1, -0.05) is 17.0 Å². The Kier molecular flexibility index (Phi) is 4.00. The zero-order valence-corrected chi connectivity index (χ0v) is 12.7. The van der Waals surface area contributed by atoms with E-state index >= 15 is 0 Å². The van der Waals surface area contributed by atoms with Gasteiger partial charge in [-0.3, -0.25) is 4.68 Å². The second-order valence-electron chi connectivity index (χ2n) is 4.43. The molecule has 0 aliphatic heterocycles. The van der Waals surface area contributed by atoms with Gasteiger partial charge in [0.05, 0.1) is 12.7 Å². The molecule has 0 aliphatic carbocycles. The van der Waals surface area contributed by atoms with E-state index in [1.165, 1.54) is 0 Å². The average molecular weight is 304 g/mol. The molecule has 3 heterocycles. The number of hydrogen-bond acceptors (Lipinski definition) is 6. The van der Waals surface area contributed by atoms with Crippen molar-refractivity contribution < 1.29 is 0 Å². The topological polar surface area (TPSA) is 90.1 Å². The summed E-state index contributed by atoms with van der Waals surface area (Å²) in [6, 6.07) is 0. The highest BCUT2D eigenvalue weighted by atomic mass is 32.2. The molecular weight excluding hydrogens is 288 g/mol. The van der Waals surface area contributed by atoms with Gasteiger partial charge in [0.15, 0.2) is 11.0 Å². The molecule has 0 bridgehead atoms. The second kappa shape index (κ2) is 6.08. The number of aryl methyl sites for hydroxylation is 2. The Hall–Kier alpha value is -2.16. The van der Waals surface area contributed by atoms with Crippen molar-refractivity contribution in [1.29, 1.82) is 0 Å². The van der Waals surface area contributed by atoms with Crippen molar-refractivity contribution in [2.24, 2.45) is 0 Å². The van der Waals surface area contributed by atoms with E-state index in [2.05, 4.69) is 42.0 Å². The fourth-order valence-corrected chi connectivity index (χ4v) is 2.96. The Bertz CT molecular complexity index is 699. The minimum absolute atomic E-state index is 0.732. The minimum atomic E-state index is 0.732. The third kappa shape index (κ3) is 2.97. The first kappa shape index (κ1) is 13.8. The van der Waals surface area contributed by atoms with Crippen molar-refractivity contribution in [3.05, 3.63) is 24.4 Å². The molecule has 3 aromatic heterocycles. The van der Waals surface area contributed by atoms with Crippen molar-refractivity contribution in [3.63, 3.8) is 0 Å². The molecule has 0 fully saturated rings. The minimum Gasteiger partial charge on any atom is -0.343 e. The monoisotopic (exact) mass is 304 g/mol. The van der Waals surface area contributed by atoms with Crippen LogP contribution in [0.15, 0.2) is 23.7 Å². The molecular formula is C12H16N8S. The Balaban J connectivity index is 1.58. The van der Waals surface area contributed by atoms with Crippen LogP contribution >= 0.6 is 11.8 Å². The fraction of sp³-hybridized carbons (Fsp3) is 0.417. The highest BCUT2D eigenvalue weighted by molar-refractivity contribution is 7.99. The molecule has 3 aromatic rings. The van der Waals surface area contributed by atoms with Crippen LogP contribution in [0, 0.1) is 6.92 Å². The van der Waals surface area contributed by atoms with Gasteiger partial charge < -0.3 is 9.55 Å². The van der Waals surface area contributed by atoms with Crippen LogP contribution in [-0.2, 0) is 13.1 Å². The lowest BCUT2D eigenvalue weighted by Gasteiger charge is -2.04. The maximum absolute atomic E-state index is 4.18. The number of hydrogen-bond donors (Lipinski definition) is 1. The Morgan fingerprint density at radius 2 is 2.19 bits per heavy atom. The Morgan fingerprint density at radius 1 is 1.29 bits per heavy atom. The molecule has 21 heavy (non-hydrogen) atoms. The van der Waals surface area contributed by atoms with E-state index in [0.29, 0.717) is 0 Å². The van der Waals surface area contributed by atoms with Crippen LogP contribution in [0.25, 0.3) is 11.5 Å². The van der Waals surface area contributed by atoms with Crippen molar-refractivity contribution in [2.75, 3.05) is 5.75 Å². The number of rotatable bonds is 6. The van der Waals surface area contributed by atoms with Gasteiger partial charge in [0.25, 0.3) is 0 Å². The summed E-state index contributed by atoms with van der Waals surface area (Å²) < 4.78 is 3.91. The number of H-pyrrole nitrogens is 1. The summed E-state index contributed by atoms with van der Waals surface area (Å²) in [6.07, 6.45) is 5.35. The highest BCUT2D eigenvalue weighted by Gasteiger charge is 2.09. The maximum Gasteiger partial charge on any atom is 0.191 e. The molecule has 1 N–H and O–H groups in total. The summed E-state index contributed by atoms with van der Waals surface area (Å²) in [5, 5.41) is 17.4. The first-order valence-corrected chi connectivity index (χ1v) is 7.69. The largest absolute Gasteiger partial charge is 0.343 e. The lowest BCUT2D eigenvalue weighted by molar-refractivity contribution is 0.628. The van der Waals surface area contributed by atoms with Gasteiger partial charge in [-0.05, 0) is 13.8 Å². The number of imidazole rings is 1. The highest BCUT2D eigenvalue weighted by Crippen LogP contribution is 2.17. The summed E-state index contributed by atoms with van der Waals surface area (Å²) in [6.45, 7) is 5.70. The van der Waals surface area contributed by atoms with Crippen molar-refractivity contribution in [2.45, 2.75) is 32.1 Å². The first-order valence-electron chi connectivity index (χ1n) is 6.70. The number of aromatic amines is 1. The van der Waals surface area contributed by atoms with Crippen molar-refractivity contribution in [1.82, 2.24) is 39.7 Å². The quantitative estimate of drug-likeness (QED) is 0.692. The standard InChI is InChI=1S/C12H16N8S/c1-3-20-9(2)15-17-12(20)21-7-6-19-8-10(16-18-19)11-13-4-5-14-11/h4-5,8H,3,6-7H2,1-2H3,(H,13,14). The van der Waals surface area contributed by atoms with Gasteiger partial charge in [0.1, 0.15) is 11.5 Å². The van der Waals surface area contributed by atoms with Crippen LogP contribution < -0.4 is 0 Å². The number of nitrogens with zero attached hydrogens (tertiary/aromatic N) is 7. The van der Waals surface area contributed by atoms with Crippen molar-refractivity contribution in [3.8, 4) is 11.5 Å². The van der Waals surface area contributed by atoms with Crippen LogP contribution in [0.3, 0.4) is 0 Å². The molecule has 0 spiro atoms. The lowest BCUT2D eigenvalue weighted by atomic mass is 10.4. The molecule has 0 radical (unpaired) electrons. The van der Waals surface area contributed by atoms with Gasteiger partial charge in [-0.15, -0.1) is 15.3 Å². The summed E-state index contributed by atoms with van der Waals surface area (Å²) in [5.74, 6) is 2.54. The molecule has 0 aromatic carbocycles. The summed E-state index contributed by atoms with van der Waals surface area (Å²) in [4.78, 5) is 7.17. The predicted molar refractivity (Wildman–Crippen MR) is 78.8 cm³/mol. The Labute approximate surface area is 126 Å².